The summed E-state index contributed by atoms with van der Waals surface area (Å²) >= 11 is 4.44. The molecule has 2 heterocycles. The first-order valence-electron chi connectivity index (χ1n) is 11.1. The number of amides is 1. The number of aryl methyl sites for hydroxylation is 1. The van der Waals surface area contributed by atoms with Gasteiger partial charge in [-0.2, -0.15) is 0 Å². The van der Waals surface area contributed by atoms with E-state index in [0.717, 1.165) is 43.5 Å². The van der Waals surface area contributed by atoms with E-state index in [4.69, 9.17) is 0 Å². The molecule has 2 saturated carbocycles. The van der Waals surface area contributed by atoms with E-state index in [9.17, 15) is 4.79 Å². The molecule has 0 radical (unpaired) electrons. The fourth-order valence-electron chi connectivity index (χ4n) is 6.02. The molecule has 5 heteroatoms. The Labute approximate surface area is 177 Å². The maximum absolute atomic E-state index is 13.2. The molecule has 2 unspecified atom stereocenters. The number of anilines is 2. The first-order valence-corrected chi connectivity index (χ1v) is 13.1. The Kier molecular flexibility index (Phi) is 5.33. The van der Waals surface area contributed by atoms with Crippen molar-refractivity contribution in [3.05, 3.63) is 23.8 Å². The molecule has 28 heavy (non-hydrogen) atoms. The van der Waals surface area contributed by atoms with Crippen LogP contribution in [0, 0.1) is 24.7 Å². The number of carbonyl (C=O) groups is 1. The van der Waals surface area contributed by atoms with Gasteiger partial charge in [0, 0.05) is 41.9 Å². The van der Waals surface area contributed by atoms with Gasteiger partial charge in [-0.05, 0) is 81.0 Å². The lowest BCUT2D eigenvalue weighted by atomic mass is 9.67. The van der Waals surface area contributed by atoms with Crippen molar-refractivity contribution in [2.24, 2.45) is 17.8 Å². The molecule has 4 fully saturated rings. The zero-order valence-corrected chi connectivity index (χ0v) is 18.5. The highest BCUT2D eigenvalue weighted by atomic mass is 32.2. The molecule has 5 rings (SSSR count). The third kappa shape index (κ3) is 3.36. The van der Waals surface area contributed by atoms with Crippen molar-refractivity contribution in [3.63, 3.8) is 0 Å². The number of carbonyl (C=O) groups excluding carboxylic acids is 1. The molecule has 1 spiro atoms. The number of rotatable bonds is 3. The van der Waals surface area contributed by atoms with Gasteiger partial charge < -0.3 is 10.2 Å². The predicted molar refractivity (Wildman–Crippen MR) is 122 cm³/mol. The van der Waals surface area contributed by atoms with Crippen LogP contribution in [0.3, 0.4) is 0 Å². The normalized spacial score (nSPS) is 31.3. The van der Waals surface area contributed by atoms with E-state index in [1.54, 1.807) is 0 Å². The molecule has 2 atom stereocenters. The fourth-order valence-corrected chi connectivity index (χ4v) is 9.96. The number of hydrogen-bond donors (Lipinski definition) is 1. The van der Waals surface area contributed by atoms with Gasteiger partial charge in [-0.25, -0.2) is 0 Å². The van der Waals surface area contributed by atoms with Gasteiger partial charge in [-0.1, -0.05) is 6.42 Å². The Bertz CT molecular complexity index is 724. The highest BCUT2D eigenvalue weighted by Gasteiger charge is 2.55. The van der Waals surface area contributed by atoms with Crippen molar-refractivity contribution < 1.29 is 4.79 Å². The molecule has 2 bridgehead atoms. The summed E-state index contributed by atoms with van der Waals surface area (Å²) in [7, 11) is 0. The summed E-state index contributed by atoms with van der Waals surface area (Å²) in [4.78, 5) is 15.6. The van der Waals surface area contributed by atoms with Crippen LogP contribution in [0.4, 0.5) is 11.4 Å². The Hall–Kier alpha value is -0.810. The van der Waals surface area contributed by atoms with Gasteiger partial charge in [0.2, 0.25) is 5.91 Å². The lowest BCUT2D eigenvalue weighted by Gasteiger charge is -2.52. The summed E-state index contributed by atoms with van der Waals surface area (Å²) < 4.78 is 0.447. The molecule has 1 amide bonds. The van der Waals surface area contributed by atoms with Crippen molar-refractivity contribution in [1.82, 2.24) is 0 Å². The van der Waals surface area contributed by atoms with E-state index in [1.807, 2.05) is 0 Å². The molecule has 1 aromatic rings. The Morgan fingerprint density at radius 3 is 2.39 bits per heavy atom. The first-order chi connectivity index (χ1) is 13.7. The second kappa shape index (κ2) is 7.79. The van der Waals surface area contributed by atoms with Crippen molar-refractivity contribution in [2.45, 2.75) is 55.9 Å². The van der Waals surface area contributed by atoms with Gasteiger partial charge in [-0.15, -0.1) is 23.5 Å². The standard InChI is InChI=1S/C23H32N2OS2/c1-16-13-20(25-9-2-3-10-25)7-8-21(16)24-22(26)17-14-18-5-4-6-19(15-17)23(18)27-11-12-28-23/h7-8,13,17-19H,2-6,9-12,14-15H2,1H3,(H,24,26). The largest absolute Gasteiger partial charge is 0.372 e. The Morgan fingerprint density at radius 1 is 1.07 bits per heavy atom. The maximum atomic E-state index is 13.2. The summed E-state index contributed by atoms with van der Waals surface area (Å²) in [6, 6.07) is 6.55. The minimum absolute atomic E-state index is 0.195. The molecule has 1 aromatic carbocycles. The van der Waals surface area contributed by atoms with Crippen LogP contribution in [0.15, 0.2) is 18.2 Å². The van der Waals surface area contributed by atoms with Crippen LogP contribution in [0.5, 0.6) is 0 Å². The van der Waals surface area contributed by atoms with Crippen LogP contribution in [-0.4, -0.2) is 34.6 Å². The van der Waals surface area contributed by atoms with Crippen LogP contribution in [-0.2, 0) is 4.79 Å². The number of thioether (sulfide) groups is 2. The van der Waals surface area contributed by atoms with Gasteiger partial charge in [0.25, 0.3) is 0 Å². The smallest absolute Gasteiger partial charge is 0.227 e. The lowest BCUT2D eigenvalue weighted by Crippen LogP contribution is -2.48. The molecule has 3 nitrogen and oxygen atoms in total. The average molecular weight is 417 g/mol. The van der Waals surface area contributed by atoms with Crippen molar-refractivity contribution in [2.75, 3.05) is 34.8 Å². The molecular weight excluding hydrogens is 384 g/mol. The number of hydrogen-bond acceptors (Lipinski definition) is 4. The fraction of sp³-hybridized carbons (Fsp3) is 0.696. The van der Waals surface area contributed by atoms with Crippen LogP contribution >= 0.6 is 23.5 Å². The number of benzene rings is 1. The van der Waals surface area contributed by atoms with E-state index in [-0.39, 0.29) is 11.8 Å². The first kappa shape index (κ1) is 19.2. The second-order valence-corrected chi connectivity index (χ2v) is 12.1. The molecule has 2 aliphatic heterocycles. The van der Waals surface area contributed by atoms with E-state index in [2.05, 4.69) is 58.9 Å². The third-order valence-corrected chi connectivity index (χ3v) is 11.4. The summed E-state index contributed by atoms with van der Waals surface area (Å²) in [6.07, 6.45) is 8.77. The van der Waals surface area contributed by atoms with Crippen molar-refractivity contribution in [1.29, 1.82) is 0 Å². The van der Waals surface area contributed by atoms with Gasteiger partial charge in [0.15, 0.2) is 0 Å². The monoisotopic (exact) mass is 416 g/mol. The van der Waals surface area contributed by atoms with Gasteiger partial charge in [-0.3, -0.25) is 4.79 Å². The van der Waals surface area contributed by atoms with E-state index < -0.39 is 0 Å². The summed E-state index contributed by atoms with van der Waals surface area (Å²) in [6.45, 7) is 4.45. The zero-order chi connectivity index (χ0) is 19.1. The minimum atomic E-state index is 0.195. The van der Waals surface area contributed by atoms with Crippen molar-refractivity contribution >= 4 is 40.8 Å². The Morgan fingerprint density at radius 2 is 1.75 bits per heavy atom. The molecule has 152 valence electrons. The van der Waals surface area contributed by atoms with Crippen molar-refractivity contribution in [3.8, 4) is 0 Å². The van der Waals surface area contributed by atoms with E-state index in [1.165, 1.54) is 54.9 Å². The lowest BCUT2D eigenvalue weighted by molar-refractivity contribution is -0.122. The van der Waals surface area contributed by atoms with Crippen LogP contribution in [0.1, 0.15) is 50.5 Å². The molecule has 0 aromatic heterocycles. The SMILES string of the molecule is Cc1cc(N2CCCC2)ccc1NC(=O)C1CC2CCCC(C1)C21SCCS1. The van der Waals surface area contributed by atoms with Crippen LogP contribution < -0.4 is 10.2 Å². The molecule has 2 aliphatic carbocycles. The van der Waals surface area contributed by atoms with Gasteiger partial charge >= 0.3 is 0 Å². The maximum Gasteiger partial charge on any atom is 0.227 e. The quantitative estimate of drug-likeness (QED) is 0.701. The van der Waals surface area contributed by atoms with E-state index in [0.29, 0.717) is 4.08 Å². The second-order valence-electron chi connectivity index (χ2n) is 9.09. The van der Waals surface area contributed by atoms with Gasteiger partial charge in [0.05, 0.1) is 4.08 Å². The molecule has 4 aliphatic rings. The third-order valence-electron chi connectivity index (χ3n) is 7.43. The summed E-state index contributed by atoms with van der Waals surface area (Å²) in [5, 5.41) is 3.29. The average Bonchev–Trinajstić information content (AvgIpc) is 3.36. The zero-order valence-electron chi connectivity index (χ0n) is 16.9. The minimum Gasteiger partial charge on any atom is -0.372 e. The summed E-state index contributed by atoms with van der Waals surface area (Å²) in [5.74, 6) is 4.52. The van der Waals surface area contributed by atoms with Crippen LogP contribution in [0.2, 0.25) is 0 Å². The highest BCUT2D eigenvalue weighted by Crippen LogP contribution is 2.64. The molecule has 1 N–H and O–H groups in total. The Balaban J connectivity index is 1.27. The molecule has 2 saturated heterocycles. The summed E-state index contributed by atoms with van der Waals surface area (Å²) in [5.41, 5.74) is 3.49. The molecular formula is C23H32N2OS2. The van der Waals surface area contributed by atoms with Crippen LogP contribution in [0.25, 0.3) is 0 Å². The predicted octanol–water partition coefficient (Wildman–Crippen LogP) is 5.54. The number of nitrogens with one attached hydrogen (secondary N) is 1. The highest BCUT2D eigenvalue weighted by molar-refractivity contribution is 8.21. The number of nitrogens with zero attached hydrogens (tertiary/aromatic N) is 1. The topological polar surface area (TPSA) is 32.3 Å². The van der Waals surface area contributed by atoms with E-state index >= 15 is 0 Å². The van der Waals surface area contributed by atoms with Gasteiger partial charge in [0.1, 0.15) is 0 Å².